The highest BCUT2D eigenvalue weighted by Gasteiger charge is 2.16. The molecule has 0 aliphatic rings. The summed E-state index contributed by atoms with van der Waals surface area (Å²) >= 11 is 0. The Morgan fingerprint density at radius 3 is 2.70 bits per heavy atom. The van der Waals surface area contributed by atoms with Gasteiger partial charge in [-0.25, -0.2) is 0 Å². The lowest BCUT2D eigenvalue weighted by molar-refractivity contribution is 0.174. The molecule has 106 valence electrons. The third-order valence-electron chi connectivity index (χ3n) is 3.15. The van der Waals surface area contributed by atoms with Crippen molar-refractivity contribution in [2.24, 2.45) is 0 Å². The van der Waals surface area contributed by atoms with Crippen molar-refractivity contribution >= 4 is 5.69 Å². The van der Waals surface area contributed by atoms with E-state index in [0.717, 1.165) is 5.56 Å². The molecule has 2 aromatic rings. The average molecular weight is 274 g/mol. The molecule has 3 N–H and O–H groups in total. The number of nitrogen functional groups attached to an aromatic ring is 1. The Hall–Kier alpha value is -2.27. The van der Waals surface area contributed by atoms with Crippen molar-refractivity contribution in [2.75, 3.05) is 20.0 Å². The van der Waals surface area contributed by atoms with Crippen LogP contribution in [-0.2, 0) is 6.42 Å². The first-order valence-electron chi connectivity index (χ1n) is 6.24. The van der Waals surface area contributed by atoms with Gasteiger partial charge in [0.05, 0.1) is 20.3 Å². The van der Waals surface area contributed by atoms with Crippen LogP contribution >= 0.6 is 0 Å². The van der Waals surface area contributed by atoms with Crippen LogP contribution in [0.15, 0.2) is 36.7 Å². The largest absolute Gasteiger partial charge is 0.497 e. The second-order valence-electron chi connectivity index (χ2n) is 4.40. The number of methoxy groups -OCH3 is 2. The minimum Gasteiger partial charge on any atom is -0.497 e. The van der Waals surface area contributed by atoms with Gasteiger partial charge in [-0.15, -0.1) is 0 Å². The highest BCUT2D eigenvalue weighted by molar-refractivity contribution is 5.47. The fourth-order valence-corrected chi connectivity index (χ4v) is 2.02. The number of aliphatic hydroxyl groups is 1. The van der Waals surface area contributed by atoms with Crippen molar-refractivity contribution in [1.82, 2.24) is 4.98 Å². The van der Waals surface area contributed by atoms with Gasteiger partial charge in [-0.2, -0.15) is 0 Å². The summed E-state index contributed by atoms with van der Waals surface area (Å²) in [5, 5.41) is 10.4. The molecule has 1 aromatic heterocycles. The Bertz CT molecular complexity index is 587. The molecule has 5 heteroatoms. The number of hydrogen-bond donors (Lipinski definition) is 2. The molecule has 1 aromatic carbocycles. The van der Waals surface area contributed by atoms with Gasteiger partial charge in [0.1, 0.15) is 11.5 Å². The van der Waals surface area contributed by atoms with Crippen molar-refractivity contribution in [3.05, 3.63) is 47.8 Å². The summed E-state index contributed by atoms with van der Waals surface area (Å²) in [6.45, 7) is 0. The summed E-state index contributed by atoms with van der Waals surface area (Å²) in [5.74, 6) is 1.26. The van der Waals surface area contributed by atoms with Crippen LogP contribution in [0.3, 0.4) is 0 Å². The molecular weight excluding hydrogens is 256 g/mol. The number of anilines is 1. The van der Waals surface area contributed by atoms with E-state index in [1.165, 1.54) is 0 Å². The van der Waals surface area contributed by atoms with Gasteiger partial charge in [-0.3, -0.25) is 4.98 Å². The van der Waals surface area contributed by atoms with Crippen LogP contribution in [0.5, 0.6) is 11.5 Å². The molecule has 0 aliphatic carbocycles. The number of pyridine rings is 1. The SMILES string of the molecule is COc1ccc(C(O)Cc2cnccc2N)c(OC)c1. The number of nitrogens with two attached hydrogens (primary N) is 1. The quantitative estimate of drug-likeness (QED) is 0.871. The van der Waals surface area contributed by atoms with Crippen LogP contribution in [0, 0.1) is 0 Å². The van der Waals surface area contributed by atoms with Crippen molar-refractivity contribution < 1.29 is 14.6 Å². The van der Waals surface area contributed by atoms with Gasteiger partial charge >= 0.3 is 0 Å². The summed E-state index contributed by atoms with van der Waals surface area (Å²) in [4.78, 5) is 4.02. The maximum Gasteiger partial charge on any atom is 0.128 e. The van der Waals surface area contributed by atoms with E-state index in [0.29, 0.717) is 29.2 Å². The first-order chi connectivity index (χ1) is 9.65. The molecule has 1 heterocycles. The number of rotatable bonds is 5. The monoisotopic (exact) mass is 274 g/mol. The van der Waals surface area contributed by atoms with E-state index in [-0.39, 0.29) is 0 Å². The molecule has 1 unspecified atom stereocenters. The van der Waals surface area contributed by atoms with Gasteiger partial charge in [0, 0.05) is 36.1 Å². The zero-order valence-electron chi connectivity index (χ0n) is 11.5. The molecule has 0 fully saturated rings. The summed E-state index contributed by atoms with van der Waals surface area (Å²) < 4.78 is 10.4. The maximum atomic E-state index is 10.4. The maximum absolute atomic E-state index is 10.4. The first kappa shape index (κ1) is 14.1. The van der Waals surface area contributed by atoms with E-state index >= 15 is 0 Å². The fraction of sp³-hybridized carbons (Fsp3) is 0.267. The van der Waals surface area contributed by atoms with Gasteiger partial charge in [0.25, 0.3) is 0 Å². The van der Waals surface area contributed by atoms with Gasteiger partial charge in [-0.05, 0) is 23.8 Å². The van der Waals surface area contributed by atoms with Gasteiger partial charge in [0.15, 0.2) is 0 Å². The van der Waals surface area contributed by atoms with E-state index < -0.39 is 6.10 Å². The summed E-state index contributed by atoms with van der Waals surface area (Å²) in [6.07, 6.45) is 2.94. The summed E-state index contributed by atoms with van der Waals surface area (Å²) in [6, 6.07) is 7.03. The minimum atomic E-state index is -0.720. The van der Waals surface area contributed by atoms with E-state index in [1.807, 2.05) is 0 Å². The van der Waals surface area contributed by atoms with Gasteiger partial charge < -0.3 is 20.3 Å². The van der Waals surface area contributed by atoms with E-state index in [1.54, 1.807) is 50.9 Å². The zero-order valence-corrected chi connectivity index (χ0v) is 11.5. The van der Waals surface area contributed by atoms with E-state index in [2.05, 4.69) is 4.98 Å². The second kappa shape index (κ2) is 6.25. The number of hydrogen-bond acceptors (Lipinski definition) is 5. The molecule has 20 heavy (non-hydrogen) atoms. The molecule has 5 nitrogen and oxygen atoms in total. The lowest BCUT2D eigenvalue weighted by Crippen LogP contribution is -2.06. The van der Waals surface area contributed by atoms with Crippen LogP contribution in [0.4, 0.5) is 5.69 Å². The second-order valence-corrected chi connectivity index (χ2v) is 4.40. The third kappa shape index (κ3) is 3.00. The average Bonchev–Trinajstić information content (AvgIpc) is 2.48. The van der Waals surface area contributed by atoms with E-state index in [9.17, 15) is 5.11 Å². The molecule has 0 bridgehead atoms. The van der Waals surface area contributed by atoms with Crippen LogP contribution in [0.25, 0.3) is 0 Å². The molecule has 0 radical (unpaired) electrons. The predicted molar refractivity (Wildman–Crippen MR) is 76.9 cm³/mol. The van der Waals surface area contributed by atoms with Gasteiger partial charge in [0.2, 0.25) is 0 Å². The minimum absolute atomic E-state index is 0.377. The molecular formula is C15H18N2O3. The highest BCUT2D eigenvalue weighted by atomic mass is 16.5. The first-order valence-corrected chi connectivity index (χ1v) is 6.24. The topological polar surface area (TPSA) is 77.6 Å². The Kier molecular flexibility index (Phi) is 4.42. The molecule has 0 spiro atoms. The normalized spacial score (nSPS) is 11.9. The Labute approximate surface area is 118 Å². The van der Waals surface area contributed by atoms with Crippen LogP contribution in [0.1, 0.15) is 17.2 Å². The predicted octanol–water partition coefficient (Wildman–Crippen LogP) is 1.96. The number of aromatic nitrogens is 1. The standard InChI is InChI=1S/C15H18N2O3/c1-19-11-3-4-12(15(8-11)20-2)14(18)7-10-9-17-6-5-13(10)16/h3-6,8-9,14,18H,7H2,1-2H3,(H2,16,17). The van der Waals surface area contributed by atoms with Crippen LogP contribution < -0.4 is 15.2 Å². The Morgan fingerprint density at radius 2 is 2.05 bits per heavy atom. The van der Waals surface area contributed by atoms with Gasteiger partial charge in [-0.1, -0.05) is 0 Å². The summed E-state index contributed by atoms with van der Waals surface area (Å²) in [5.41, 5.74) is 7.97. The highest BCUT2D eigenvalue weighted by Crippen LogP contribution is 2.31. The van der Waals surface area contributed by atoms with Crippen molar-refractivity contribution in [2.45, 2.75) is 12.5 Å². The molecule has 1 atom stereocenters. The van der Waals surface area contributed by atoms with Crippen molar-refractivity contribution in [3.63, 3.8) is 0 Å². The number of ether oxygens (including phenoxy) is 2. The molecule has 2 rings (SSSR count). The van der Waals surface area contributed by atoms with Crippen LogP contribution in [0.2, 0.25) is 0 Å². The van der Waals surface area contributed by atoms with E-state index in [4.69, 9.17) is 15.2 Å². The van der Waals surface area contributed by atoms with Crippen LogP contribution in [-0.4, -0.2) is 24.3 Å². The lowest BCUT2D eigenvalue weighted by Gasteiger charge is -2.16. The van der Waals surface area contributed by atoms with Crippen molar-refractivity contribution in [1.29, 1.82) is 0 Å². The Balaban J connectivity index is 2.25. The number of nitrogens with zero attached hydrogens (tertiary/aromatic N) is 1. The summed E-state index contributed by atoms with van der Waals surface area (Å²) in [7, 11) is 3.14. The fourth-order valence-electron chi connectivity index (χ4n) is 2.02. The Morgan fingerprint density at radius 1 is 1.25 bits per heavy atom. The molecule has 0 saturated heterocycles. The smallest absolute Gasteiger partial charge is 0.128 e. The number of benzene rings is 1. The number of aliphatic hydroxyl groups excluding tert-OH is 1. The lowest BCUT2D eigenvalue weighted by atomic mass is 10.0. The molecule has 0 saturated carbocycles. The third-order valence-corrected chi connectivity index (χ3v) is 3.15. The van der Waals surface area contributed by atoms with Crippen molar-refractivity contribution in [3.8, 4) is 11.5 Å². The zero-order chi connectivity index (χ0) is 14.5. The molecule has 0 amide bonds. The molecule has 0 aliphatic heterocycles.